The number of fused-ring (bicyclic) bond motifs is 1. The van der Waals surface area contributed by atoms with Gasteiger partial charge < -0.3 is 5.32 Å². The maximum Gasteiger partial charge on any atom is 0.278 e. The van der Waals surface area contributed by atoms with E-state index >= 15 is 0 Å². The van der Waals surface area contributed by atoms with Gasteiger partial charge in [0.25, 0.3) is 17.5 Å². The lowest BCUT2D eigenvalue weighted by molar-refractivity contribution is -0.384. The number of anilines is 1. The highest BCUT2D eigenvalue weighted by Gasteiger charge is 2.39. The Bertz CT molecular complexity index is 1460. The summed E-state index contributed by atoms with van der Waals surface area (Å²) in [5, 5.41) is 16.1. The van der Waals surface area contributed by atoms with Gasteiger partial charge in [-0.25, -0.2) is 0 Å². The summed E-state index contributed by atoms with van der Waals surface area (Å²) >= 11 is 0. The van der Waals surface area contributed by atoms with Crippen LogP contribution in [0.5, 0.6) is 0 Å². The summed E-state index contributed by atoms with van der Waals surface area (Å²) in [6.07, 6.45) is 1.60. The van der Waals surface area contributed by atoms with Crippen LogP contribution in [0.15, 0.2) is 96.8 Å². The molecule has 1 aliphatic rings. The molecule has 5 rings (SSSR count). The number of aromatic nitrogens is 1. The van der Waals surface area contributed by atoms with E-state index in [0.29, 0.717) is 16.9 Å². The van der Waals surface area contributed by atoms with Gasteiger partial charge in [0.1, 0.15) is 5.70 Å². The molecule has 166 valence electrons. The zero-order chi connectivity index (χ0) is 23.7. The number of hydrogen-bond acceptors (Lipinski definition) is 6. The molecule has 1 aliphatic heterocycles. The van der Waals surface area contributed by atoms with Crippen molar-refractivity contribution in [1.82, 2.24) is 9.88 Å². The predicted molar refractivity (Wildman–Crippen MR) is 127 cm³/mol. The summed E-state index contributed by atoms with van der Waals surface area (Å²) in [4.78, 5) is 42.8. The number of non-ortho nitro benzene ring substituents is 1. The number of nitrogens with one attached hydrogen (secondary N) is 1. The van der Waals surface area contributed by atoms with Crippen molar-refractivity contribution in [2.75, 3.05) is 5.32 Å². The zero-order valence-corrected chi connectivity index (χ0v) is 17.8. The van der Waals surface area contributed by atoms with E-state index in [1.807, 2.05) is 42.5 Å². The second kappa shape index (κ2) is 8.59. The molecule has 4 aromatic rings. The minimum atomic E-state index is -0.511. The van der Waals surface area contributed by atoms with Gasteiger partial charge in [0.2, 0.25) is 0 Å². The quantitative estimate of drug-likeness (QED) is 0.263. The molecule has 8 heteroatoms. The van der Waals surface area contributed by atoms with Gasteiger partial charge in [0.05, 0.1) is 22.7 Å². The molecular formula is C26H18N4O4. The smallest absolute Gasteiger partial charge is 0.278 e. The van der Waals surface area contributed by atoms with Crippen LogP contribution in [0.1, 0.15) is 11.3 Å². The topological polar surface area (TPSA) is 105 Å². The average Bonchev–Trinajstić information content (AvgIpc) is 3.09. The van der Waals surface area contributed by atoms with Gasteiger partial charge in [0.15, 0.2) is 0 Å². The molecule has 0 spiro atoms. The average molecular weight is 450 g/mol. The zero-order valence-electron chi connectivity index (χ0n) is 17.8. The predicted octanol–water partition coefficient (Wildman–Crippen LogP) is 4.54. The molecule has 0 saturated heterocycles. The number of carbonyl (C=O) groups excluding carboxylic acids is 2. The number of carbonyl (C=O) groups is 2. The lowest BCUT2D eigenvalue weighted by Crippen LogP contribution is -2.32. The fourth-order valence-electron chi connectivity index (χ4n) is 3.98. The molecule has 1 aromatic heterocycles. The maximum absolute atomic E-state index is 13.5. The molecular weight excluding hydrogens is 432 g/mol. The Kier molecular flexibility index (Phi) is 5.31. The number of rotatable bonds is 6. The van der Waals surface area contributed by atoms with Gasteiger partial charge in [-0.15, -0.1) is 0 Å². The number of nitrogens with zero attached hydrogens (tertiary/aromatic N) is 3. The summed E-state index contributed by atoms with van der Waals surface area (Å²) < 4.78 is 0. The highest BCUT2D eigenvalue weighted by atomic mass is 16.6. The monoisotopic (exact) mass is 450 g/mol. The number of amides is 2. The molecule has 34 heavy (non-hydrogen) atoms. The molecule has 2 amide bonds. The Labute approximate surface area is 194 Å². The van der Waals surface area contributed by atoms with Crippen molar-refractivity contribution >= 4 is 39.5 Å². The number of nitro benzene ring substituents is 1. The van der Waals surface area contributed by atoms with Crippen LogP contribution >= 0.6 is 0 Å². The first-order chi connectivity index (χ1) is 16.5. The Hall–Kier alpha value is -4.85. The Morgan fingerprint density at radius 1 is 0.853 bits per heavy atom. The minimum Gasteiger partial charge on any atom is -0.350 e. The standard InChI is InChI=1S/C26H18N4O4/c31-25-23(18-11-13-20(14-12-18)30(33)34)24(26(32)29(25)16-19-8-3-4-15-27-19)28-22-10-5-7-17-6-1-2-9-21(17)22/h1-15,28H,16H2. The van der Waals surface area contributed by atoms with Gasteiger partial charge in [-0.05, 0) is 41.3 Å². The van der Waals surface area contributed by atoms with Crippen LogP contribution in [-0.2, 0) is 16.1 Å². The van der Waals surface area contributed by atoms with E-state index in [1.54, 1.807) is 24.4 Å². The van der Waals surface area contributed by atoms with E-state index in [1.165, 1.54) is 24.3 Å². The van der Waals surface area contributed by atoms with Crippen molar-refractivity contribution in [3.63, 3.8) is 0 Å². The van der Waals surface area contributed by atoms with Gasteiger partial charge >= 0.3 is 0 Å². The van der Waals surface area contributed by atoms with E-state index < -0.39 is 16.7 Å². The maximum atomic E-state index is 13.5. The third-order valence-corrected chi connectivity index (χ3v) is 5.63. The van der Waals surface area contributed by atoms with Crippen LogP contribution < -0.4 is 5.32 Å². The van der Waals surface area contributed by atoms with Crippen molar-refractivity contribution < 1.29 is 14.5 Å². The van der Waals surface area contributed by atoms with Crippen LogP contribution in [0, 0.1) is 10.1 Å². The second-order valence-corrected chi connectivity index (χ2v) is 7.72. The first-order valence-corrected chi connectivity index (χ1v) is 10.5. The van der Waals surface area contributed by atoms with E-state index in [2.05, 4.69) is 10.3 Å². The van der Waals surface area contributed by atoms with Crippen LogP contribution in [0.4, 0.5) is 11.4 Å². The van der Waals surface area contributed by atoms with Gasteiger partial charge in [0, 0.05) is 29.4 Å². The summed E-state index contributed by atoms with van der Waals surface area (Å²) in [5.74, 6) is -0.982. The lowest BCUT2D eigenvalue weighted by Gasteiger charge is -2.15. The molecule has 0 radical (unpaired) electrons. The van der Waals surface area contributed by atoms with Crippen molar-refractivity contribution in [2.45, 2.75) is 6.54 Å². The van der Waals surface area contributed by atoms with Crippen molar-refractivity contribution in [3.8, 4) is 0 Å². The normalized spacial score (nSPS) is 13.6. The van der Waals surface area contributed by atoms with Gasteiger partial charge in [-0.2, -0.15) is 0 Å². The van der Waals surface area contributed by atoms with Crippen molar-refractivity contribution in [2.24, 2.45) is 0 Å². The summed E-state index contributed by atoms with van der Waals surface area (Å²) in [6.45, 7) is 0.00963. The first kappa shape index (κ1) is 21.0. The molecule has 2 heterocycles. The Morgan fingerprint density at radius 3 is 2.32 bits per heavy atom. The number of benzene rings is 3. The Balaban J connectivity index is 1.60. The van der Waals surface area contributed by atoms with E-state index in [4.69, 9.17) is 0 Å². The number of nitro groups is 1. The molecule has 0 fully saturated rings. The molecule has 0 aliphatic carbocycles. The van der Waals surface area contributed by atoms with Gasteiger partial charge in [-0.3, -0.25) is 29.6 Å². The third kappa shape index (κ3) is 3.77. The fourth-order valence-corrected chi connectivity index (χ4v) is 3.98. The molecule has 0 bridgehead atoms. The van der Waals surface area contributed by atoms with Crippen LogP contribution in [0.25, 0.3) is 16.3 Å². The first-order valence-electron chi connectivity index (χ1n) is 10.5. The van der Waals surface area contributed by atoms with Crippen molar-refractivity contribution in [1.29, 1.82) is 0 Å². The molecule has 1 N–H and O–H groups in total. The van der Waals surface area contributed by atoms with Crippen LogP contribution in [0.3, 0.4) is 0 Å². The fraction of sp³-hybridized carbons (Fsp3) is 0.0385. The summed E-state index contributed by atoms with van der Waals surface area (Å²) in [5.41, 5.74) is 1.83. The number of hydrogen-bond donors (Lipinski definition) is 1. The van der Waals surface area contributed by atoms with E-state index in [9.17, 15) is 19.7 Å². The van der Waals surface area contributed by atoms with Crippen molar-refractivity contribution in [3.05, 3.63) is 118 Å². The van der Waals surface area contributed by atoms with Crippen LogP contribution in [-0.4, -0.2) is 26.6 Å². The molecule has 3 aromatic carbocycles. The number of pyridine rings is 1. The molecule has 0 unspecified atom stereocenters. The molecule has 0 atom stereocenters. The second-order valence-electron chi connectivity index (χ2n) is 7.72. The number of imide groups is 1. The Morgan fingerprint density at radius 2 is 1.59 bits per heavy atom. The minimum absolute atomic E-state index is 0.00963. The summed E-state index contributed by atoms with van der Waals surface area (Å²) in [6, 6.07) is 24.2. The van der Waals surface area contributed by atoms with E-state index in [0.717, 1.165) is 15.7 Å². The molecule has 0 saturated carbocycles. The van der Waals surface area contributed by atoms with Gasteiger partial charge in [-0.1, -0.05) is 42.5 Å². The van der Waals surface area contributed by atoms with E-state index in [-0.39, 0.29) is 23.5 Å². The third-order valence-electron chi connectivity index (χ3n) is 5.63. The SMILES string of the molecule is O=C1C(Nc2cccc3ccccc23)=C(c2ccc([N+](=O)[O-])cc2)C(=O)N1Cc1ccccn1. The lowest BCUT2D eigenvalue weighted by atomic mass is 10.0. The largest absolute Gasteiger partial charge is 0.350 e. The van der Waals surface area contributed by atoms with Crippen LogP contribution in [0.2, 0.25) is 0 Å². The highest BCUT2D eigenvalue weighted by Crippen LogP contribution is 2.34. The summed E-state index contributed by atoms with van der Waals surface area (Å²) in [7, 11) is 0. The molecule has 8 nitrogen and oxygen atoms in total. The highest BCUT2D eigenvalue weighted by molar-refractivity contribution is 6.36.